The molecule has 3 nitrogen and oxygen atoms in total. The Kier molecular flexibility index (Phi) is 8.33. The van der Waals surface area contributed by atoms with Crippen LogP contribution in [0.4, 0.5) is 0 Å². The fourth-order valence-electron chi connectivity index (χ4n) is 1.53. The number of aliphatic hydroxyl groups excluding tert-OH is 1. The second-order valence-electron chi connectivity index (χ2n) is 3.79. The van der Waals surface area contributed by atoms with E-state index in [-0.39, 0.29) is 0 Å². The predicted octanol–water partition coefficient (Wildman–Crippen LogP) is 2.61. The first-order chi connectivity index (χ1) is 7.16. The molecule has 1 atom stereocenters. The molecule has 1 N–H and O–H groups in total. The summed E-state index contributed by atoms with van der Waals surface area (Å²) in [4.78, 5) is 0. The van der Waals surface area contributed by atoms with Gasteiger partial charge in [-0.1, -0.05) is 27.7 Å². The molecule has 0 aromatic heterocycles. The Morgan fingerprint density at radius 2 is 1.47 bits per heavy atom. The molecule has 0 radical (unpaired) electrons. The molecular formula is C11H26O3Si. The third-order valence-corrected chi connectivity index (χ3v) is 6.28. The molecule has 0 saturated carbocycles. The topological polar surface area (TPSA) is 38.7 Å². The first-order valence-corrected chi connectivity index (χ1v) is 8.22. The maximum atomic E-state index is 10.0. The largest absolute Gasteiger partial charge is 0.393 e. The molecule has 0 aromatic rings. The van der Waals surface area contributed by atoms with E-state index in [1.165, 1.54) is 0 Å². The zero-order chi connectivity index (χ0) is 11.7. The quantitative estimate of drug-likeness (QED) is 0.623. The lowest BCUT2D eigenvalue weighted by atomic mass is 10.5. The maximum absolute atomic E-state index is 10.0. The van der Waals surface area contributed by atoms with Gasteiger partial charge in [-0.2, -0.15) is 0 Å². The maximum Gasteiger partial charge on any atom is 0.367 e. The summed E-state index contributed by atoms with van der Waals surface area (Å²) in [7, 11) is -2.36. The van der Waals surface area contributed by atoms with E-state index in [4.69, 9.17) is 8.85 Å². The summed E-state index contributed by atoms with van der Waals surface area (Å²) in [5, 5.41) is 10.0. The molecule has 1 unspecified atom stereocenters. The molecule has 0 rings (SSSR count). The fourth-order valence-corrected chi connectivity index (χ4v) is 4.60. The van der Waals surface area contributed by atoms with Crippen LogP contribution in [-0.4, -0.2) is 32.6 Å². The van der Waals surface area contributed by atoms with Gasteiger partial charge in [0.1, 0.15) is 0 Å². The standard InChI is InChI=1S/C11H26O3Si/c1-5-9-13-15(8-4,11(12)7-3)14-10-6-2/h11-12H,5-10H2,1-4H3. The van der Waals surface area contributed by atoms with Gasteiger partial charge in [0.05, 0.1) is 5.73 Å². The van der Waals surface area contributed by atoms with E-state index < -0.39 is 14.3 Å². The summed E-state index contributed by atoms with van der Waals surface area (Å²) in [6, 6.07) is 0.821. The van der Waals surface area contributed by atoms with Crippen molar-refractivity contribution in [2.45, 2.75) is 58.7 Å². The van der Waals surface area contributed by atoms with Gasteiger partial charge in [-0.3, -0.25) is 0 Å². The second-order valence-corrected chi connectivity index (χ2v) is 7.36. The summed E-state index contributed by atoms with van der Waals surface area (Å²) < 4.78 is 11.7. The number of rotatable bonds is 9. The third kappa shape index (κ3) is 4.63. The predicted molar refractivity (Wildman–Crippen MR) is 65.0 cm³/mol. The smallest absolute Gasteiger partial charge is 0.367 e. The highest BCUT2D eigenvalue weighted by molar-refractivity contribution is 6.68. The highest BCUT2D eigenvalue weighted by Crippen LogP contribution is 2.21. The minimum absolute atomic E-state index is 0.402. The van der Waals surface area contributed by atoms with Gasteiger partial charge >= 0.3 is 8.56 Å². The molecule has 15 heavy (non-hydrogen) atoms. The van der Waals surface area contributed by atoms with Crippen molar-refractivity contribution in [3.05, 3.63) is 0 Å². The van der Waals surface area contributed by atoms with E-state index in [1.807, 2.05) is 6.92 Å². The van der Waals surface area contributed by atoms with Crippen LogP contribution in [0.15, 0.2) is 0 Å². The van der Waals surface area contributed by atoms with E-state index in [0.717, 1.165) is 18.9 Å². The van der Waals surface area contributed by atoms with Crippen LogP contribution >= 0.6 is 0 Å². The van der Waals surface area contributed by atoms with E-state index in [0.29, 0.717) is 19.6 Å². The van der Waals surface area contributed by atoms with Crippen molar-refractivity contribution in [3.63, 3.8) is 0 Å². The van der Waals surface area contributed by atoms with Crippen molar-refractivity contribution >= 4 is 8.56 Å². The Morgan fingerprint density at radius 3 is 1.73 bits per heavy atom. The molecule has 0 fully saturated rings. The van der Waals surface area contributed by atoms with Crippen molar-refractivity contribution in [1.29, 1.82) is 0 Å². The lowest BCUT2D eigenvalue weighted by Crippen LogP contribution is -2.53. The van der Waals surface area contributed by atoms with Gasteiger partial charge in [-0.05, 0) is 25.3 Å². The summed E-state index contributed by atoms with van der Waals surface area (Å²) in [6.45, 7) is 9.57. The van der Waals surface area contributed by atoms with Gasteiger partial charge in [0.15, 0.2) is 0 Å². The number of hydrogen-bond acceptors (Lipinski definition) is 3. The Balaban J connectivity index is 4.43. The van der Waals surface area contributed by atoms with Crippen LogP contribution in [-0.2, 0) is 8.85 Å². The van der Waals surface area contributed by atoms with Crippen molar-refractivity contribution < 1.29 is 14.0 Å². The molecule has 0 saturated heterocycles. The first kappa shape index (κ1) is 15.1. The summed E-state index contributed by atoms with van der Waals surface area (Å²) in [5.74, 6) is 0. The molecule has 0 aromatic carbocycles. The molecule has 0 bridgehead atoms. The number of hydrogen-bond donors (Lipinski definition) is 1. The van der Waals surface area contributed by atoms with Gasteiger partial charge in [0.2, 0.25) is 0 Å². The summed E-state index contributed by atoms with van der Waals surface area (Å²) >= 11 is 0. The Labute approximate surface area is 95.0 Å². The highest BCUT2D eigenvalue weighted by atomic mass is 28.4. The average Bonchev–Trinajstić information content (AvgIpc) is 2.29. The Bertz CT molecular complexity index is 145. The lowest BCUT2D eigenvalue weighted by molar-refractivity contribution is 0.101. The van der Waals surface area contributed by atoms with Gasteiger partial charge in [-0.15, -0.1) is 0 Å². The Hall–Kier alpha value is 0.0969. The summed E-state index contributed by atoms with van der Waals surface area (Å²) in [5.41, 5.74) is -0.402. The Morgan fingerprint density at radius 1 is 1.00 bits per heavy atom. The third-order valence-electron chi connectivity index (χ3n) is 2.49. The van der Waals surface area contributed by atoms with E-state index in [2.05, 4.69) is 20.8 Å². The molecule has 4 heteroatoms. The van der Waals surface area contributed by atoms with Crippen molar-refractivity contribution in [1.82, 2.24) is 0 Å². The van der Waals surface area contributed by atoms with E-state index in [9.17, 15) is 5.11 Å². The summed E-state index contributed by atoms with van der Waals surface area (Å²) in [6.07, 6.45) is 2.66. The minimum atomic E-state index is -2.36. The van der Waals surface area contributed by atoms with Gasteiger partial charge in [0, 0.05) is 13.2 Å². The second kappa shape index (κ2) is 8.27. The van der Waals surface area contributed by atoms with Crippen LogP contribution in [0.5, 0.6) is 0 Å². The van der Waals surface area contributed by atoms with E-state index >= 15 is 0 Å². The molecule has 0 amide bonds. The van der Waals surface area contributed by atoms with Crippen molar-refractivity contribution in [3.8, 4) is 0 Å². The first-order valence-electron chi connectivity index (χ1n) is 6.12. The van der Waals surface area contributed by atoms with Gasteiger partial charge in [-0.25, -0.2) is 0 Å². The van der Waals surface area contributed by atoms with Crippen LogP contribution < -0.4 is 0 Å². The molecule has 0 heterocycles. The van der Waals surface area contributed by atoms with Gasteiger partial charge in [0.25, 0.3) is 0 Å². The van der Waals surface area contributed by atoms with Crippen molar-refractivity contribution in [2.75, 3.05) is 13.2 Å². The fraction of sp³-hybridized carbons (Fsp3) is 1.00. The van der Waals surface area contributed by atoms with Crippen LogP contribution in [0.3, 0.4) is 0 Å². The zero-order valence-electron chi connectivity index (χ0n) is 10.6. The zero-order valence-corrected chi connectivity index (χ0v) is 11.6. The molecule has 0 spiro atoms. The van der Waals surface area contributed by atoms with Crippen LogP contribution in [0.1, 0.15) is 47.0 Å². The molecular weight excluding hydrogens is 208 g/mol. The van der Waals surface area contributed by atoms with Gasteiger partial charge < -0.3 is 14.0 Å². The molecule has 92 valence electrons. The minimum Gasteiger partial charge on any atom is -0.393 e. The molecule has 0 aliphatic rings. The van der Waals surface area contributed by atoms with Crippen LogP contribution in [0.2, 0.25) is 6.04 Å². The highest BCUT2D eigenvalue weighted by Gasteiger charge is 2.42. The van der Waals surface area contributed by atoms with Crippen LogP contribution in [0.25, 0.3) is 0 Å². The van der Waals surface area contributed by atoms with Crippen molar-refractivity contribution in [2.24, 2.45) is 0 Å². The monoisotopic (exact) mass is 234 g/mol. The SMILES string of the molecule is CCCO[Si](CC)(OCCC)C(O)CC. The molecule has 0 aliphatic carbocycles. The van der Waals surface area contributed by atoms with E-state index in [1.54, 1.807) is 0 Å². The average molecular weight is 234 g/mol. The van der Waals surface area contributed by atoms with Crippen LogP contribution in [0, 0.1) is 0 Å². The normalized spacial score (nSPS) is 14.2. The lowest BCUT2D eigenvalue weighted by Gasteiger charge is -2.33. The molecule has 0 aliphatic heterocycles. The number of aliphatic hydroxyl groups is 1.